The third-order valence-electron chi connectivity index (χ3n) is 5.86. The first-order chi connectivity index (χ1) is 13.6. The highest BCUT2D eigenvalue weighted by atomic mass is 35.5. The molecule has 0 radical (unpaired) electrons. The largest absolute Gasteiger partial charge is 0.322 e. The van der Waals surface area contributed by atoms with Crippen LogP contribution in [0.2, 0.25) is 5.02 Å². The van der Waals surface area contributed by atoms with Crippen molar-refractivity contribution >= 4 is 23.4 Å². The number of nitrogens with zero attached hydrogens (tertiary/aromatic N) is 1. The average molecular weight is 400 g/mol. The van der Waals surface area contributed by atoms with Gasteiger partial charge in [0.15, 0.2) is 6.67 Å². The quantitative estimate of drug-likeness (QED) is 0.702. The van der Waals surface area contributed by atoms with Crippen LogP contribution in [0.15, 0.2) is 54.6 Å². The summed E-state index contributed by atoms with van der Waals surface area (Å²) in [6, 6.07) is 17.7. The van der Waals surface area contributed by atoms with Crippen molar-refractivity contribution in [3.8, 4) is 0 Å². The number of rotatable bonds is 5. The predicted molar refractivity (Wildman–Crippen MR) is 107 cm³/mol. The number of hydrogen-bond donors (Lipinski definition) is 2. The lowest BCUT2D eigenvalue weighted by Crippen LogP contribution is -3.28. The summed E-state index contributed by atoms with van der Waals surface area (Å²) in [6.45, 7) is 5.50. The normalized spacial score (nSPS) is 25.3. The van der Waals surface area contributed by atoms with Gasteiger partial charge < -0.3 is 9.80 Å². The highest BCUT2D eigenvalue weighted by Gasteiger charge is 2.41. The van der Waals surface area contributed by atoms with E-state index in [2.05, 4.69) is 12.1 Å². The Labute approximate surface area is 170 Å². The minimum Gasteiger partial charge on any atom is -0.322 e. The monoisotopic (exact) mass is 399 g/mol. The second kappa shape index (κ2) is 8.43. The maximum atomic E-state index is 12.8. The zero-order chi connectivity index (χ0) is 19.5. The molecule has 2 saturated heterocycles. The number of halogens is 1. The van der Waals surface area contributed by atoms with Gasteiger partial charge in [-0.15, -0.1) is 0 Å². The van der Waals surface area contributed by atoms with Gasteiger partial charge in [-0.1, -0.05) is 54.1 Å². The van der Waals surface area contributed by atoms with Gasteiger partial charge in [-0.2, -0.15) is 0 Å². The number of imide groups is 1. The van der Waals surface area contributed by atoms with E-state index >= 15 is 0 Å². The van der Waals surface area contributed by atoms with Crippen molar-refractivity contribution in [2.45, 2.75) is 18.9 Å². The summed E-state index contributed by atoms with van der Waals surface area (Å²) in [5.41, 5.74) is 2.23. The standard InChI is InChI=1S/C22H24ClN3O2/c23-19-8-6-17(7-9-19)15-24-10-12-25(13-11-24)16-26-21(27)14-20(22(26)28)18-4-2-1-3-5-18/h1-9,20H,10-16H2/p+2/t20-/m1/s1. The number of amides is 2. The van der Waals surface area contributed by atoms with Crippen molar-refractivity contribution in [1.82, 2.24) is 4.90 Å². The van der Waals surface area contributed by atoms with Crippen molar-refractivity contribution in [3.63, 3.8) is 0 Å². The molecule has 5 nitrogen and oxygen atoms in total. The van der Waals surface area contributed by atoms with Gasteiger partial charge in [0, 0.05) is 17.0 Å². The number of quaternary nitrogens is 2. The topological polar surface area (TPSA) is 46.3 Å². The van der Waals surface area contributed by atoms with Crippen LogP contribution in [-0.4, -0.2) is 49.6 Å². The number of likely N-dealkylation sites (tertiary alicyclic amines) is 1. The van der Waals surface area contributed by atoms with E-state index in [1.165, 1.54) is 20.3 Å². The summed E-state index contributed by atoms with van der Waals surface area (Å²) in [5.74, 6) is -0.396. The smallest absolute Gasteiger partial charge is 0.241 e. The molecular weight excluding hydrogens is 374 g/mol. The maximum absolute atomic E-state index is 12.8. The number of benzene rings is 2. The zero-order valence-electron chi connectivity index (χ0n) is 15.9. The Morgan fingerprint density at radius 2 is 1.54 bits per heavy atom. The molecule has 0 unspecified atom stereocenters. The Hall–Kier alpha value is -2.21. The molecule has 6 heteroatoms. The molecule has 2 aromatic carbocycles. The zero-order valence-corrected chi connectivity index (χ0v) is 16.6. The number of piperazine rings is 1. The molecule has 0 bridgehead atoms. The van der Waals surface area contributed by atoms with E-state index in [1.807, 2.05) is 42.5 Å². The van der Waals surface area contributed by atoms with Gasteiger partial charge in [0.1, 0.15) is 32.7 Å². The highest BCUT2D eigenvalue weighted by Crippen LogP contribution is 2.28. The Balaban J connectivity index is 1.30. The molecule has 146 valence electrons. The first-order valence-electron chi connectivity index (χ1n) is 9.91. The van der Waals surface area contributed by atoms with Gasteiger partial charge >= 0.3 is 0 Å². The van der Waals surface area contributed by atoms with Crippen LogP contribution in [0, 0.1) is 0 Å². The molecule has 0 spiro atoms. The predicted octanol–water partition coefficient (Wildman–Crippen LogP) is 0.124. The lowest BCUT2D eigenvalue weighted by atomic mass is 9.98. The van der Waals surface area contributed by atoms with Crippen LogP contribution in [0.1, 0.15) is 23.5 Å². The third-order valence-corrected chi connectivity index (χ3v) is 6.11. The van der Waals surface area contributed by atoms with Gasteiger partial charge in [-0.05, 0) is 17.7 Å². The number of carbonyl (C=O) groups is 2. The van der Waals surface area contributed by atoms with E-state index < -0.39 is 0 Å². The molecule has 0 aromatic heterocycles. The lowest BCUT2D eigenvalue weighted by Gasteiger charge is -2.31. The molecule has 2 aliphatic heterocycles. The fourth-order valence-electron chi connectivity index (χ4n) is 4.20. The van der Waals surface area contributed by atoms with Crippen molar-refractivity contribution in [2.24, 2.45) is 0 Å². The Morgan fingerprint density at radius 1 is 0.893 bits per heavy atom. The van der Waals surface area contributed by atoms with E-state index in [-0.39, 0.29) is 17.7 Å². The van der Waals surface area contributed by atoms with Gasteiger partial charge in [-0.25, -0.2) is 4.90 Å². The Morgan fingerprint density at radius 3 is 2.21 bits per heavy atom. The summed E-state index contributed by atoms with van der Waals surface area (Å²) < 4.78 is 0. The van der Waals surface area contributed by atoms with Crippen molar-refractivity contribution < 1.29 is 19.4 Å². The lowest BCUT2D eigenvalue weighted by molar-refractivity contribution is -1.02. The van der Waals surface area contributed by atoms with Crippen LogP contribution < -0.4 is 9.80 Å². The molecule has 2 fully saturated rings. The molecule has 2 aliphatic rings. The summed E-state index contributed by atoms with van der Waals surface area (Å²) in [5, 5.41) is 0.766. The number of hydrogen-bond acceptors (Lipinski definition) is 2. The summed E-state index contributed by atoms with van der Waals surface area (Å²) >= 11 is 5.96. The van der Waals surface area contributed by atoms with Crippen molar-refractivity contribution in [2.75, 3.05) is 32.8 Å². The molecule has 4 rings (SSSR count). The van der Waals surface area contributed by atoms with Crippen molar-refractivity contribution in [3.05, 3.63) is 70.7 Å². The second-order valence-electron chi connectivity index (χ2n) is 7.79. The highest BCUT2D eigenvalue weighted by molar-refractivity contribution is 6.30. The first kappa shape index (κ1) is 19.1. The Kier molecular flexibility index (Phi) is 5.76. The molecule has 2 amide bonds. The molecular formula is C22H26ClN3O2+2. The molecule has 28 heavy (non-hydrogen) atoms. The third kappa shape index (κ3) is 4.27. The van der Waals surface area contributed by atoms with Crippen molar-refractivity contribution in [1.29, 1.82) is 0 Å². The average Bonchev–Trinajstić information content (AvgIpc) is 3.00. The maximum Gasteiger partial charge on any atom is 0.241 e. The number of nitrogens with one attached hydrogen (secondary N) is 2. The van der Waals surface area contributed by atoms with Crippen LogP contribution in [0.4, 0.5) is 0 Å². The first-order valence-corrected chi connectivity index (χ1v) is 10.3. The SMILES string of the molecule is O=C1C[C@H](c2ccccc2)C(=O)N1C[NH+]1CC[NH+](Cc2ccc(Cl)cc2)CC1. The fraction of sp³-hybridized carbons (Fsp3) is 0.364. The van der Waals surface area contributed by atoms with Crippen LogP contribution in [0.5, 0.6) is 0 Å². The van der Waals surface area contributed by atoms with Crippen LogP contribution >= 0.6 is 11.6 Å². The molecule has 2 heterocycles. The molecule has 0 aliphatic carbocycles. The minimum atomic E-state index is -0.315. The summed E-state index contributed by atoms with van der Waals surface area (Å²) in [7, 11) is 0. The fourth-order valence-corrected chi connectivity index (χ4v) is 4.33. The Bertz CT molecular complexity index is 833. The molecule has 1 atom stereocenters. The van der Waals surface area contributed by atoms with E-state index in [4.69, 9.17) is 11.6 Å². The van der Waals surface area contributed by atoms with Crippen LogP contribution in [0.25, 0.3) is 0 Å². The van der Waals surface area contributed by atoms with Gasteiger partial charge in [-0.3, -0.25) is 9.59 Å². The molecule has 0 saturated carbocycles. The summed E-state index contributed by atoms with van der Waals surface area (Å²) in [6.07, 6.45) is 0.296. The molecule has 2 N–H and O–H groups in total. The van der Waals surface area contributed by atoms with E-state index in [9.17, 15) is 9.59 Å². The van der Waals surface area contributed by atoms with E-state index in [1.54, 1.807) is 0 Å². The van der Waals surface area contributed by atoms with Gasteiger partial charge in [0.25, 0.3) is 0 Å². The molecule has 2 aromatic rings. The van der Waals surface area contributed by atoms with Gasteiger partial charge in [0.05, 0.1) is 5.92 Å². The van der Waals surface area contributed by atoms with E-state index in [0.29, 0.717) is 13.1 Å². The minimum absolute atomic E-state index is 0.0395. The second-order valence-corrected chi connectivity index (χ2v) is 8.23. The van der Waals surface area contributed by atoms with Crippen LogP contribution in [0.3, 0.4) is 0 Å². The summed E-state index contributed by atoms with van der Waals surface area (Å²) in [4.78, 5) is 29.6. The van der Waals surface area contributed by atoms with E-state index in [0.717, 1.165) is 43.3 Å². The van der Waals surface area contributed by atoms with Gasteiger partial charge in [0.2, 0.25) is 11.8 Å². The number of carbonyl (C=O) groups excluding carboxylic acids is 2. The van der Waals surface area contributed by atoms with Crippen LogP contribution in [-0.2, 0) is 16.1 Å².